The molecule has 3 heterocycles. The number of thiazole rings is 1. The zero-order chi connectivity index (χ0) is 16.5. The van der Waals surface area contributed by atoms with E-state index in [0.717, 1.165) is 38.5 Å². The molecular weight excluding hydrogens is 322 g/mol. The molecule has 126 valence electrons. The quantitative estimate of drug-likeness (QED) is 0.855. The molecule has 0 aliphatic carbocycles. The molecule has 5 nitrogen and oxygen atoms in total. The van der Waals surface area contributed by atoms with Crippen LogP contribution >= 0.6 is 11.3 Å². The smallest absolute Gasteiger partial charge is 0.273 e. The van der Waals surface area contributed by atoms with Gasteiger partial charge in [-0.05, 0) is 29.5 Å². The number of methoxy groups -OCH3 is 1. The van der Waals surface area contributed by atoms with E-state index in [-0.39, 0.29) is 5.91 Å². The summed E-state index contributed by atoms with van der Waals surface area (Å²) in [5, 5.41) is 1.84. The molecule has 0 spiro atoms. The minimum Gasteiger partial charge on any atom is -0.497 e. The highest BCUT2D eigenvalue weighted by Crippen LogP contribution is 2.32. The Bertz CT molecular complexity index is 688. The van der Waals surface area contributed by atoms with E-state index >= 15 is 0 Å². The van der Waals surface area contributed by atoms with E-state index in [1.807, 2.05) is 22.4 Å². The van der Waals surface area contributed by atoms with Gasteiger partial charge in [-0.15, -0.1) is 11.3 Å². The fourth-order valence-corrected chi connectivity index (χ4v) is 4.38. The number of benzene rings is 1. The lowest BCUT2D eigenvalue weighted by molar-refractivity contribution is 0.0768. The Morgan fingerprint density at radius 2 is 1.92 bits per heavy atom. The van der Waals surface area contributed by atoms with Crippen LogP contribution in [-0.2, 0) is 6.54 Å². The van der Waals surface area contributed by atoms with Gasteiger partial charge in [-0.1, -0.05) is 12.1 Å². The second kappa shape index (κ2) is 6.53. The summed E-state index contributed by atoms with van der Waals surface area (Å²) < 4.78 is 5.21. The average Bonchev–Trinajstić information content (AvgIpc) is 3.31. The highest BCUT2D eigenvalue weighted by molar-refractivity contribution is 7.07. The van der Waals surface area contributed by atoms with E-state index in [1.54, 1.807) is 12.6 Å². The van der Waals surface area contributed by atoms with Crippen LogP contribution in [0.2, 0.25) is 0 Å². The summed E-state index contributed by atoms with van der Waals surface area (Å²) in [6, 6.07) is 8.29. The molecule has 6 heteroatoms. The normalized spacial score (nSPS) is 23.5. The number of likely N-dealkylation sites (tertiary alicyclic amines) is 2. The van der Waals surface area contributed by atoms with Gasteiger partial charge < -0.3 is 9.64 Å². The number of rotatable bonds is 4. The van der Waals surface area contributed by atoms with Crippen LogP contribution in [0, 0.1) is 11.8 Å². The topological polar surface area (TPSA) is 45.7 Å². The van der Waals surface area contributed by atoms with Crippen molar-refractivity contribution in [1.29, 1.82) is 0 Å². The molecule has 0 saturated carbocycles. The van der Waals surface area contributed by atoms with Gasteiger partial charge in [0.25, 0.3) is 5.91 Å². The molecule has 2 saturated heterocycles. The van der Waals surface area contributed by atoms with Gasteiger partial charge in [-0.2, -0.15) is 0 Å². The summed E-state index contributed by atoms with van der Waals surface area (Å²) in [7, 11) is 1.69. The van der Waals surface area contributed by atoms with Crippen molar-refractivity contribution < 1.29 is 9.53 Å². The Kier molecular flexibility index (Phi) is 4.24. The van der Waals surface area contributed by atoms with Crippen molar-refractivity contribution >= 4 is 17.2 Å². The Morgan fingerprint density at radius 1 is 1.21 bits per heavy atom. The summed E-state index contributed by atoms with van der Waals surface area (Å²) >= 11 is 1.48. The number of fused-ring (bicyclic) bond motifs is 1. The largest absolute Gasteiger partial charge is 0.497 e. The lowest BCUT2D eigenvalue weighted by atomic mass is 10.0. The Labute approximate surface area is 145 Å². The first kappa shape index (κ1) is 15.6. The molecular formula is C18H21N3O2S. The van der Waals surface area contributed by atoms with E-state index in [9.17, 15) is 4.79 Å². The second-order valence-corrected chi connectivity index (χ2v) is 7.36. The van der Waals surface area contributed by atoms with Crippen LogP contribution < -0.4 is 4.74 Å². The predicted molar refractivity (Wildman–Crippen MR) is 93.3 cm³/mol. The molecule has 1 aromatic carbocycles. The maximum absolute atomic E-state index is 12.4. The van der Waals surface area contributed by atoms with Gasteiger partial charge in [0.05, 0.1) is 12.6 Å². The van der Waals surface area contributed by atoms with Crippen LogP contribution in [0.1, 0.15) is 16.1 Å². The fourth-order valence-electron chi connectivity index (χ4n) is 3.85. The van der Waals surface area contributed by atoms with Crippen molar-refractivity contribution in [1.82, 2.24) is 14.8 Å². The summed E-state index contributed by atoms with van der Waals surface area (Å²) in [6.45, 7) is 4.83. The van der Waals surface area contributed by atoms with Crippen molar-refractivity contribution in [2.45, 2.75) is 6.54 Å². The monoisotopic (exact) mass is 343 g/mol. The highest BCUT2D eigenvalue weighted by Gasteiger charge is 2.41. The van der Waals surface area contributed by atoms with Crippen molar-refractivity contribution in [3.8, 4) is 5.75 Å². The van der Waals surface area contributed by atoms with Gasteiger partial charge in [0, 0.05) is 38.1 Å². The number of hydrogen-bond donors (Lipinski definition) is 0. The molecule has 2 aliphatic rings. The minimum atomic E-state index is 0.0901. The number of aromatic nitrogens is 1. The maximum atomic E-state index is 12.4. The SMILES string of the molecule is COc1ccc(CN2C[C@@H]3CN(C(=O)c4cscn4)C[C@@H]3C2)cc1. The highest BCUT2D eigenvalue weighted by atomic mass is 32.1. The van der Waals surface area contributed by atoms with Crippen molar-refractivity contribution in [2.24, 2.45) is 11.8 Å². The summed E-state index contributed by atoms with van der Waals surface area (Å²) in [6.07, 6.45) is 0. The van der Waals surface area contributed by atoms with Gasteiger partial charge in [-0.25, -0.2) is 4.98 Å². The number of hydrogen-bond acceptors (Lipinski definition) is 5. The number of amides is 1. The van der Waals surface area contributed by atoms with Crippen LogP contribution in [0.15, 0.2) is 35.2 Å². The first-order valence-corrected chi connectivity index (χ1v) is 9.20. The lowest BCUT2D eigenvalue weighted by Crippen LogP contribution is -2.33. The van der Waals surface area contributed by atoms with Gasteiger partial charge in [0.1, 0.15) is 11.4 Å². The molecule has 2 aliphatic heterocycles. The molecule has 24 heavy (non-hydrogen) atoms. The molecule has 2 fully saturated rings. The van der Waals surface area contributed by atoms with Gasteiger partial charge in [-0.3, -0.25) is 9.69 Å². The summed E-state index contributed by atoms with van der Waals surface area (Å²) in [4.78, 5) is 21.0. The molecule has 1 amide bonds. The molecule has 2 aromatic rings. The van der Waals surface area contributed by atoms with Gasteiger partial charge in [0.2, 0.25) is 0 Å². The van der Waals surface area contributed by atoms with Crippen LogP contribution in [0.5, 0.6) is 5.75 Å². The molecule has 0 N–H and O–H groups in total. The Hall–Kier alpha value is -1.92. The first-order valence-electron chi connectivity index (χ1n) is 8.25. The van der Waals surface area contributed by atoms with E-state index in [2.05, 4.69) is 22.0 Å². The third-order valence-corrected chi connectivity index (χ3v) is 5.65. The van der Waals surface area contributed by atoms with Gasteiger partial charge >= 0.3 is 0 Å². The molecule has 1 aromatic heterocycles. The number of ether oxygens (including phenoxy) is 1. The van der Waals surface area contributed by atoms with Crippen LogP contribution in [0.3, 0.4) is 0 Å². The average molecular weight is 343 g/mol. The number of carbonyl (C=O) groups is 1. The lowest BCUT2D eigenvalue weighted by Gasteiger charge is -2.21. The van der Waals surface area contributed by atoms with E-state index in [0.29, 0.717) is 17.5 Å². The third kappa shape index (κ3) is 3.03. The zero-order valence-corrected chi connectivity index (χ0v) is 14.5. The molecule has 0 bridgehead atoms. The van der Waals surface area contributed by atoms with Crippen LogP contribution in [-0.4, -0.2) is 54.0 Å². The molecule has 0 radical (unpaired) electrons. The van der Waals surface area contributed by atoms with Crippen LogP contribution in [0.4, 0.5) is 0 Å². The first-order chi connectivity index (χ1) is 11.7. The number of nitrogens with zero attached hydrogens (tertiary/aromatic N) is 3. The van der Waals surface area contributed by atoms with Crippen LogP contribution in [0.25, 0.3) is 0 Å². The van der Waals surface area contributed by atoms with E-state index < -0.39 is 0 Å². The Balaban J connectivity index is 1.33. The van der Waals surface area contributed by atoms with E-state index in [4.69, 9.17) is 4.74 Å². The van der Waals surface area contributed by atoms with Crippen molar-refractivity contribution in [3.63, 3.8) is 0 Å². The molecule has 0 unspecified atom stereocenters. The molecule has 4 rings (SSSR count). The summed E-state index contributed by atoms with van der Waals surface area (Å²) in [5.41, 5.74) is 3.63. The minimum absolute atomic E-state index is 0.0901. The Morgan fingerprint density at radius 3 is 2.50 bits per heavy atom. The number of carbonyl (C=O) groups excluding carboxylic acids is 1. The second-order valence-electron chi connectivity index (χ2n) is 6.65. The van der Waals surface area contributed by atoms with Crippen molar-refractivity contribution in [2.75, 3.05) is 33.3 Å². The van der Waals surface area contributed by atoms with Crippen molar-refractivity contribution in [3.05, 3.63) is 46.4 Å². The standard InChI is InChI=1S/C18H21N3O2S/c1-23-16-4-2-13(3-5-16)6-20-7-14-9-21(10-15(14)8-20)18(22)17-11-24-12-19-17/h2-5,11-12,14-15H,6-10H2,1H3/t14-,15+. The zero-order valence-electron chi connectivity index (χ0n) is 13.7. The van der Waals surface area contributed by atoms with E-state index in [1.165, 1.54) is 16.9 Å². The maximum Gasteiger partial charge on any atom is 0.273 e. The van der Waals surface area contributed by atoms with Gasteiger partial charge in [0.15, 0.2) is 0 Å². The molecule has 2 atom stereocenters. The summed E-state index contributed by atoms with van der Waals surface area (Å²) in [5.74, 6) is 2.16. The fraction of sp³-hybridized carbons (Fsp3) is 0.444. The predicted octanol–water partition coefficient (Wildman–Crippen LogP) is 2.36. The third-order valence-electron chi connectivity index (χ3n) is 5.07.